The Hall–Kier alpha value is -2.45. The summed E-state index contributed by atoms with van der Waals surface area (Å²) >= 11 is 7.20. The molecule has 6 nitrogen and oxygen atoms in total. The van der Waals surface area contributed by atoms with Crippen molar-refractivity contribution in [3.05, 3.63) is 64.9 Å². The smallest absolute Gasteiger partial charge is 0.233 e. The third-order valence-corrected chi connectivity index (χ3v) is 4.75. The largest absolute Gasteiger partial charge is 0.341 e. The second kappa shape index (κ2) is 8.29. The Kier molecular flexibility index (Phi) is 5.85. The number of aromatic nitrogens is 4. The fraction of sp³-hybridized carbons (Fsp3) is 0.176. The number of rotatable bonds is 6. The Balaban J connectivity index is 1.63. The first kappa shape index (κ1) is 18.3. The zero-order valence-corrected chi connectivity index (χ0v) is 15.4. The molecule has 0 aliphatic carbocycles. The lowest BCUT2D eigenvalue weighted by molar-refractivity contribution is -0.127. The molecule has 0 spiro atoms. The van der Waals surface area contributed by atoms with Crippen molar-refractivity contribution in [3.63, 3.8) is 0 Å². The molecule has 2 aromatic carbocycles. The summed E-state index contributed by atoms with van der Waals surface area (Å²) in [4.78, 5) is 13.8. The molecule has 0 saturated carbocycles. The summed E-state index contributed by atoms with van der Waals surface area (Å²) < 4.78 is 15.2. The number of thioether (sulfide) groups is 1. The van der Waals surface area contributed by atoms with Crippen molar-refractivity contribution in [2.24, 2.45) is 0 Å². The van der Waals surface area contributed by atoms with E-state index in [9.17, 15) is 9.18 Å². The normalized spacial score (nSPS) is 10.7. The monoisotopic (exact) mass is 391 g/mol. The SMILES string of the molecule is CN(Cc1ccccc1F)C(=O)CSc1nnnn1-c1cccc(Cl)c1. The van der Waals surface area contributed by atoms with Crippen LogP contribution in [0.25, 0.3) is 5.69 Å². The van der Waals surface area contributed by atoms with Gasteiger partial charge in [0.25, 0.3) is 0 Å². The van der Waals surface area contributed by atoms with Crippen molar-refractivity contribution in [3.8, 4) is 5.69 Å². The van der Waals surface area contributed by atoms with Crippen LogP contribution in [-0.4, -0.2) is 43.8 Å². The topological polar surface area (TPSA) is 63.9 Å². The second-order valence-corrected chi connectivity index (χ2v) is 6.86. The van der Waals surface area contributed by atoms with Gasteiger partial charge < -0.3 is 4.90 Å². The molecule has 0 radical (unpaired) electrons. The highest BCUT2D eigenvalue weighted by atomic mass is 35.5. The van der Waals surface area contributed by atoms with Crippen molar-refractivity contribution in [1.82, 2.24) is 25.1 Å². The van der Waals surface area contributed by atoms with Crippen LogP contribution in [0, 0.1) is 5.82 Å². The van der Waals surface area contributed by atoms with Gasteiger partial charge in [-0.1, -0.05) is 47.6 Å². The Morgan fingerprint density at radius 3 is 2.85 bits per heavy atom. The molecule has 0 fully saturated rings. The first-order valence-corrected chi connectivity index (χ1v) is 9.05. The van der Waals surface area contributed by atoms with Gasteiger partial charge in [0.1, 0.15) is 5.82 Å². The number of carbonyl (C=O) groups is 1. The third-order valence-electron chi connectivity index (χ3n) is 3.61. The van der Waals surface area contributed by atoms with Crippen LogP contribution in [0.2, 0.25) is 5.02 Å². The maximum atomic E-state index is 13.7. The minimum absolute atomic E-state index is 0.131. The summed E-state index contributed by atoms with van der Waals surface area (Å²) in [6, 6.07) is 13.5. The molecular formula is C17H15ClFN5OS. The number of tetrazole rings is 1. The summed E-state index contributed by atoms with van der Waals surface area (Å²) in [6.07, 6.45) is 0. The molecule has 26 heavy (non-hydrogen) atoms. The summed E-state index contributed by atoms with van der Waals surface area (Å²) in [6.45, 7) is 0.200. The van der Waals surface area contributed by atoms with Gasteiger partial charge in [0.15, 0.2) is 0 Å². The standard InChI is InChI=1S/C17H15ClFN5OS/c1-23(10-12-5-2-3-8-15(12)19)16(25)11-26-17-20-21-22-24(17)14-7-4-6-13(18)9-14/h2-9H,10-11H2,1H3. The molecule has 0 aliphatic heterocycles. The fourth-order valence-corrected chi connectivity index (χ4v) is 3.26. The number of hydrogen-bond acceptors (Lipinski definition) is 5. The van der Waals surface area contributed by atoms with Crippen LogP contribution in [0.3, 0.4) is 0 Å². The Morgan fingerprint density at radius 1 is 1.27 bits per heavy atom. The van der Waals surface area contributed by atoms with Crippen LogP contribution in [0.5, 0.6) is 0 Å². The average Bonchev–Trinajstić information content (AvgIpc) is 3.10. The van der Waals surface area contributed by atoms with Crippen LogP contribution in [0.1, 0.15) is 5.56 Å². The van der Waals surface area contributed by atoms with Gasteiger partial charge in [0, 0.05) is 24.2 Å². The molecule has 1 aromatic heterocycles. The fourth-order valence-electron chi connectivity index (χ4n) is 2.25. The molecule has 9 heteroatoms. The molecule has 0 bridgehead atoms. The molecule has 1 heterocycles. The van der Waals surface area contributed by atoms with E-state index in [1.165, 1.54) is 27.4 Å². The number of carbonyl (C=O) groups excluding carboxylic acids is 1. The predicted molar refractivity (Wildman–Crippen MR) is 97.8 cm³/mol. The van der Waals surface area contributed by atoms with Gasteiger partial charge >= 0.3 is 0 Å². The number of hydrogen-bond donors (Lipinski definition) is 0. The highest BCUT2D eigenvalue weighted by Gasteiger charge is 2.15. The van der Waals surface area contributed by atoms with E-state index in [0.29, 0.717) is 21.4 Å². The predicted octanol–water partition coefficient (Wildman–Crippen LogP) is 3.21. The van der Waals surface area contributed by atoms with Crippen LogP contribution in [-0.2, 0) is 11.3 Å². The molecule has 3 aromatic rings. The van der Waals surface area contributed by atoms with Gasteiger partial charge in [-0.05, 0) is 34.7 Å². The molecule has 0 atom stereocenters. The number of halogens is 2. The van der Waals surface area contributed by atoms with Gasteiger partial charge in [0.2, 0.25) is 11.1 Å². The maximum Gasteiger partial charge on any atom is 0.233 e. The Morgan fingerprint density at radius 2 is 2.08 bits per heavy atom. The zero-order chi connectivity index (χ0) is 18.5. The second-order valence-electron chi connectivity index (χ2n) is 5.48. The van der Waals surface area contributed by atoms with Crippen molar-refractivity contribution in [2.75, 3.05) is 12.8 Å². The van der Waals surface area contributed by atoms with E-state index in [1.807, 2.05) is 6.07 Å². The minimum atomic E-state index is -0.329. The van der Waals surface area contributed by atoms with Gasteiger partial charge in [0.05, 0.1) is 11.4 Å². The summed E-state index contributed by atoms with van der Waals surface area (Å²) in [5.41, 5.74) is 1.18. The van der Waals surface area contributed by atoms with Crippen LogP contribution < -0.4 is 0 Å². The first-order chi connectivity index (χ1) is 12.5. The lowest BCUT2D eigenvalue weighted by Crippen LogP contribution is -2.28. The summed E-state index contributed by atoms with van der Waals surface area (Å²) in [7, 11) is 1.63. The quantitative estimate of drug-likeness (QED) is 0.604. The number of benzene rings is 2. The van der Waals surface area contributed by atoms with E-state index < -0.39 is 0 Å². The molecule has 3 rings (SSSR count). The highest BCUT2D eigenvalue weighted by Crippen LogP contribution is 2.21. The van der Waals surface area contributed by atoms with Gasteiger partial charge in [-0.2, -0.15) is 4.68 Å². The van der Waals surface area contributed by atoms with Crippen molar-refractivity contribution in [2.45, 2.75) is 11.7 Å². The third kappa shape index (κ3) is 4.39. The van der Waals surface area contributed by atoms with E-state index in [1.54, 1.807) is 43.4 Å². The van der Waals surface area contributed by atoms with E-state index in [0.717, 1.165) is 0 Å². The molecule has 134 valence electrons. The van der Waals surface area contributed by atoms with Gasteiger partial charge in [-0.15, -0.1) is 5.10 Å². The molecular weight excluding hydrogens is 377 g/mol. The van der Waals surface area contributed by atoms with Gasteiger partial charge in [-0.25, -0.2) is 4.39 Å². The molecule has 0 unspecified atom stereocenters. The molecule has 0 saturated heterocycles. The van der Waals surface area contributed by atoms with E-state index in [-0.39, 0.29) is 24.0 Å². The Bertz CT molecular complexity index is 919. The van der Waals surface area contributed by atoms with E-state index in [4.69, 9.17) is 11.6 Å². The first-order valence-electron chi connectivity index (χ1n) is 7.69. The minimum Gasteiger partial charge on any atom is -0.341 e. The summed E-state index contributed by atoms with van der Waals surface area (Å²) in [5.74, 6) is -0.352. The summed E-state index contributed by atoms with van der Waals surface area (Å²) in [5, 5.41) is 12.6. The lowest BCUT2D eigenvalue weighted by atomic mass is 10.2. The van der Waals surface area contributed by atoms with Crippen molar-refractivity contribution in [1.29, 1.82) is 0 Å². The highest BCUT2D eigenvalue weighted by molar-refractivity contribution is 7.99. The molecule has 0 N–H and O–H groups in total. The molecule has 0 aliphatic rings. The Labute approximate surface area is 159 Å². The van der Waals surface area contributed by atoms with Crippen LogP contribution in [0.15, 0.2) is 53.7 Å². The number of nitrogens with zero attached hydrogens (tertiary/aromatic N) is 5. The van der Waals surface area contributed by atoms with E-state index in [2.05, 4.69) is 15.5 Å². The molecule has 1 amide bonds. The van der Waals surface area contributed by atoms with Crippen LogP contribution >= 0.6 is 23.4 Å². The zero-order valence-electron chi connectivity index (χ0n) is 13.8. The van der Waals surface area contributed by atoms with E-state index >= 15 is 0 Å². The lowest BCUT2D eigenvalue weighted by Gasteiger charge is -2.17. The van der Waals surface area contributed by atoms with Crippen molar-refractivity contribution >= 4 is 29.3 Å². The van der Waals surface area contributed by atoms with Crippen LogP contribution in [0.4, 0.5) is 4.39 Å². The number of amides is 1. The average molecular weight is 392 g/mol. The maximum absolute atomic E-state index is 13.7. The van der Waals surface area contributed by atoms with Gasteiger partial charge in [-0.3, -0.25) is 4.79 Å². The van der Waals surface area contributed by atoms with Crippen molar-refractivity contribution < 1.29 is 9.18 Å².